The molecule has 8 heteroatoms. The van der Waals surface area contributed by atoms with Crippen LogP contribution in [0.2, 0.25) is 0 Å². The van der Waals surface area contributed by atoms with Gasteiger partial charge in [0, 0.05) is 17.7 Å². The Morgan fingerprint density at radius 2 is 1.87 bits per heavy atom. The Labute approximate surface area is 174 Å². The molecule has 1 aliphatic rings. The third-order valence-electron chi connectivity index (χ3n) is 4.81. The highest BCUT2D eigenvalue weighted by atomic mass is 16.6. The van der Waals surface area contributed by atoms with Crippen LogP contribution >= 0.6 is 0 Å². The Kier molecular flexibility index (Phi) is 5.56. The van der Waals surface area contributed by atoms with E-state index in [2.05, 4.69) is 15.6 Å². The molecule has 0 spiro atoms. The SMILES string of the molecule is CC(C)C(=O)NCc1nc2ccccc2n1CC(=O)Nc1ccc2c(c1)OCCO2. The monoisotopic (exact) mass is 408 g/mol. The first-order chi connectivity index (χ1) is 14.5. The minimum Gasteiger partial charge on any atom is -0.486 e. The van der Waals surface area contributed by atoms with Crippen LogP contribution in [0.4, 0.5) is 5.69 Å². The number of aromatic nitrogens is 2. The van der Waals surface area contributed by atoms with Crippen LogP contribution in [-0.4, -0.2) is 34.6 Å². The highest BCUT2D eigenvalue weighted by molar-refractivity contribution is 5.92. The lowest BCUT2D eigenvalue weighted by molar-refractivity contribution is -0.124. The predicted molar refractivity (Wildman–Crippen MR) is 112 cm³/mol. The summed E-state index contributed by atoms with van der Waals surface area (Å²) < 4.78 is 12.9. The summed E-state index contributed by atoms with van der Waals surface area (Å²) in [5.41, 5.74) is 2.24. The molecular formula is C22H24N4O4. The number of hydrogen-bond acceptors (Lipinski definition) is 5. The third-order valence-corrected chi connectivity index (χ3v) is 4.81. The lowest BCUT2D eigenvalue weighted by Crippen LogP contribution is -2.29. The minimum atomic E-state index is -0.203. The quantitative estimate of drug-likeness (QED) is 0.654. The molecule has 0 aliphatic carbocycles. The second-order valence-corrected chi connectivity index (χ2v) is 7.38. The molecule has 0 bridgehead atoms. The minimum absolute atomic E-state index is 0.0608. The maximum Gasteiger partial charge on any atom is 0.244 e. The van der Waals surface area contributed by atoms with E-state index < -0.39 is 0 Å². The maximum absolute atomic E-state index is 12.8. The van der Waals surface area contributed by atoms with Gasteiger partial charge >= 0.3 is 0 Å². The van der Waals surface area contributed by atoms with E-state index in [0.29, 0.717) is 36.2 Å². The number of para-hydroxylation sites is 2. The van der Waals surface area contributed by atoms with E-state index >= 15 is 0 Å². The molecule has 3 aromatic rings. The number of hydrogen-bond donors (Lipinski definition) is 2. The van der Waals surface area contributed by atoms with E-state index in [1.807, 2.05) is 42.7 Å². The summed E-state index contributed by atoms with van der Waals surface area (Å²) in [4.78, 5) is 29.3. The number of benzene rings is 2. The van der Waals surface area contributed by atoms with Gasteiger partial charge in [-0.3, -0.25) is 9.59 Å². The van der Waals surface area contributed by atoms with Crippen LogP contribution < -0.4 is 20.1 Å². The van der Waals surface area contributed by atoms with E-state index in [-0.39, 0.29) is 30.8 Å². The topological polar surface area (TPSA) is 94.5 Å². The Balaban J connectivity index is 1.52. The van der Waals surface area contributed by atoms with Gasteiger partial charge < -0.3 is 24.7 Å². The van der Waals surface area contributed by atoms with E-state index in [0.717, 1.165) is 11.0 Å². The van der Waals surface area contributed by atoms with Crippen molar-refractivity contribution in [2.45, 2.75) is 26.9 Å². The number of nitrogens with one attached hydrogen (secondary N) is 2. The fourth-order valence-corrected chi connectivity index (χ4v) is 3.27. The van der Waals surface area contributed by atoms with Crippen molar-refractivity contribution >= 4 is 28.5 Å². The van der Waals surface area contributed by atoms with E-state index in [1.54, 1.807) is 18.2 Å². The molecule has 1 aliphatic heterocycles. The fourth-order valence-electron chi connectivity index (χ4n) is 3.27. The van der Waals surface area contributed by atoms with Gasteiger partial charge in [-0.15, -0.1) is 0 Å². The van der Waals surface area contributed by atoms with Crippen molar-refractivity contribution in [1.82, 2.24) is 14.9 Å². The summed E-state index contributed by atoms with van der Waals surface area (Å²) in [7, 11) is 0. The Hall–Kier alpha value is -3.55. The second-order valence-electron chi connectivity index (χ2n) is 7.38. The van der Waals surface area contributed by atoms with Gasteiger partial charge in [0.2, 0.25) is 11.8 Å². The average Bonchev–Trinajstić information content (AvgIpc) is 3.09. The van der Waals surface area contributed by atoms with E-state index in [4.69, 9.17) is 9.47 Å². The number of amides is 2. The molecule has 0 unspecified atom stereocenters. The van der Waals surface area contributed by atoms with Crippen LogP contribution in [-0.2, 0) is 22.7 Å². The van der Waals surface area contributed by atoms with Gasteiger partial charge in [0.1, 0.15) is 25.6 Å². The number of imidazole rings is 1. The molecule has 8 nitrogen and oxygen atoms in total. The van der Waals surface area contributed by atoms with Crippen LogP contribution in [0, 0.1) is 5.92 Å². The van der Waals surface area contributed by atoms with Crippen molar-refractivity contribution in [3.63, 3.8) is 0 Å². The number of nitrogens with zero attached hydrogens (tertiary/aromatic N) is 2. The first kappa shape index (κ1) is 19.8. The molecule has 30 heavy (non-hydrogen) atoms. The molecule has 156 valence electrons. The predicted octanol–water partition coefficient (Wildman–Crippen LogP) is 2.72. The molecule has 0 saturated heterocycles. The van der Waals surface area contributed by atoms with Crippen LogP contribution in [0.15, 0.2) is 42.5 Å². The molecule has 2 amide bonds. The van der Waals surface area contributed by atoms with Crippen molar-refractivity contribution in [1.29, 1.82) is 0 Å². The molecule has 4 rings (SSSR count). The van der Waals surface area contributed by atoms with Gasteiger partial charge in [-0.1, -0.05) is 26.0 Å². The van der Waals surface area contributed by atoms with Crippen molar-refractivity contribution in [3.8, 4) is 11.5 Å². The van der Waals surface area contributed by atoms with Crippen LogP contribution in [0.3, 0.4) is 0 Å². The number of fused-ring (bicyclic) bond motifs is 2. The largest absolute Gasteiger partial charge is 0.486 e. The maximum atomic E-state index is 12.8. The molecule has 0 saturated carbocycles. The zero-order chi connectivity index (χ0) is 21.1. The number of ether oxygens (including phenoxy) is 2. The number of carbonyl (C=O) groups excluding carboxylic acids is 2. The van der Waals surface area contributed by atoms with Crippen LogP contribution in [0.1, 0.15) is 19.7 Å². The molecule has 0 fully saturated rings. The van der Waals surface area contributed by atoms with Crippen molar-refractivity contribution in [3.05, 3.63) is 48.3 Å². The summed E-state index contributed by atoms with van der Waals surface area (Å²) in [6, 6.07) is 12.9. The Morgan fingerprint density at radius 3 is 2.67 bits per heavy atom. The van der Waals surface area contributed by atoms with Crippen LogP contribution in [0.5, 0.6) is 11.5 Å². The molecule has 2 heterocycles. The van der Waals surface area contributed by atoms with Crippen molar-refractivity contribution in [2.24, 2.45) is 5.92 Å². The number of rotatable bonds is 6. The first-order valence-corrected chi connectivity index (χ1v) is 9.92. The molecule has 2 aromatic carbocycles. The molecule has 1 aromatic heterocycles. The zero-order valence-electron chi connectivity index (χ0n) is 17.0. The van der Waals surface area contributed by atoms with Gasteiger partial charge in [-0.25, -0.2) is 4.98 Å². The van der Waals surface area contributed by atoms with Gasteiger partial charge in [-0.2, -0.15) is 0 Å². The second kappa shape index (κ2) is 8.44. The smallest absolute Gasteiger partial charge is 0.244 e. The summed E-state index contributed by atoms with van der Waals surface area (Å²) in [6.45, 7) is 4.99. The highest BCUT2D eigenvalue weighted by Crippen LogP contribution is 2.32. The van der Waals surface area contributed by atoms with Crippen molar-refractivity contribution in [2.75, 3.05) is 18.5 Å². The van der Waals surface area contributed by atoms with E-state index in [9.17, 15) is 9.59 Å². The van der Waals surface area contributed by atoms with Crippen LogP contribution in [0.25, 0.3) is 11.0 Å². The average molecular weight is 408 g/mol. The fraction of sp³-hybridized carbons (Fsp3) is 0.318. The lowest BCUT2D eigenvalue weighted by atomic mass is 10.2. The molecular weight excluding hydrogens is 384 g/mol. The van der Waals surface area contributed by atoms with Crippen molar-refractivity contribution < 1.29 is 19.1 Å². The van der Waals surface area contributed by atoms with Gasteiger partial charge in [0.05, 0.1) is 17.6 Å². The zero-order valence-corrected chi connectivity index (χ0v) is 17.0. The first-order valence-electron chi connectivity index (χ1n) is 9.92. The molecule has 2 N–H and O–H groups in total. The number of carbonyl (C=O) groups is 2. The lowest BCUT2D eigenvalue weighted by Gasteiger charge is -2.19. The Bertz CT molecular complexity index is 1090. The van der Waals surface area contributed by atoms with Gasteiger partial charge in [0.15, 0.2) is 11.5 Å². The molecule has 0 radical (unpaired) electrons. The van der Waals surface area contributed by atoms with E-state index in [1.165, 1.54) is 0 Å². The Morgan fingerprint density at radius 1 is 1.10 bits per heavy atom. The summed E-state index contributed by atoms with van der Waals surface area (Å²) >= 11 is 0. The summed E-state index contributed by atoms with van der Waals surface area (Å²) in [5, 5.41) is 5.77. The summed E-state index contributed by atoms with van der Waals surface area (Å²) in [6.07, 6.45) is 0. The van der Waals surface area contributed by atoms with Gasteiger partial charge in [0.25, 0.3) is 0 Å². The third kappa shape index (κ3) is 4.22. The normalized spacial score (nSPS) is 12.8. The van der Waals surface area contributed by atoms with Gasteiger partial charge in [-0.05, 0) is 24.3 Å². The molecule has 0 atom stereocenters. The summed E-state index contributed by atoms with van der Waals surface area (Å²) in [5.74, 6) is 1.52. The highest BCUT2D eigenvalue weighted by Gasteiger charge is 2.17. The number of anilines is 1. The standard InChI is InChI=1S/C22H24N4O4/c1-14(2)22(28)23-12-20-25-16-5-3-4-6-17(16)26(20)13-21(27)24-15-7-8-18-19(11-15)30-10-9-29-18/h3-8,11,14H,9-10,12-13H2,1-2H3,(H,23,28)(H,24,27).